The molecule has 1 unspecified atom stereocenters. The third-order valence-corrected chi connectivity index (χ3v) is 5.22. The van der Waals surface area contributed by atoms with Crippen molar-refractivity contribution >= 4 is 15.7 Å². The molecule has 7 heteroatoms. The number of rotatable bonds is 4. The molecule has 0 saturated heterocycles. The lowest BCUT2D eigenvalue weighted by Crippen LogP contribution is -2.27. The Morgan fingerprint density at radius 1 is 1.38 bits per heavy atom. The van der Waals surface area contributed by atoms with Crippen LogP contribution in [-0.4, -0.2) is 25.2 Å². The highest BCUT2D eigenvalue weighted by molar-refractivity contribution is 7.89. The standard InChI is InChI=1S/C14H18N4O2S/c1-10(12-8-16-17-9-12)18-21(19,20)13-5-4-11-3-2-6-15-14(11)7-13/h4-5,7-10,15,18H,2-3,6H2,1H3,(H,16,17). The number of H-pyrrole nitrogens is 1. The van der Waals surface area contributed by atoms with Gasteiger partial charge in [0.05, 0.1) is 11.1 Å². The number of fused-ring (bicyclic) bond motifs is 1. The van der Waals surface area contributed by atoms with Crippen LogP contribution in [0.1, 0.15) is 30.5 Å². The van der Waals surface area contributed by atoms with Gasteiger partial charge >= 0.3 is 0 Å². The number of anilines is 1. The van der Waals surface area contributed by atoms with Gasteiger partial charge in [-0.2, -0.15) is 5.10 Å². The lowest BCUT2D eigenvalue weighted by atomic mass is 10.0. The average Bonchev–Trinajstić information content (AvgIpc) is 3.00. The highest BCUT2D eigenvalue weighted by Crippen LogP contribution is 2.26. The van der Waals surface area contributed by atoms with E-state index < -0.39 is 10.0 Å². The summed E-state index contributed by atoms with van der Waals surface area (Å²) in [7, 11) is -3.55. The first-order valence-corrected chi connectivity index (χ1v) is 8.42. The number of benzene rings is 1. The van der Waals surface area contributed by atoms with Gasteiger partial charge in [-0.3, -0.25) is 5.10 Å². The van der Waals surface area contributed by atoms with Crippen molar-refractivity contribution in [2.24, 2.45) is 0 Å². The second-order valence-electron chi connectivity index (χ2n) is 5.22. The summed E-state index contributed by atoms with van der Waals surface area (Å²) in [5.74, 6) is 0. The lowest BCUT2D eigenvalue weighted by molar-refractivity contribution is 0.567. The van der Waals surface area contributed by atoms with E-state index in [1.54, 1.807) is 31.5 Å². The molecular formula is C14H18N4O2S. The smallest absolute Gasteiger partial charge is 0.241 e. The number of sulfonamides is 1. The molecule has 2 heterocycles. The van der Waals surface area contributed by atoms with Crippen LogP contribution in [0.15, 0.2) is 35.5 Å². The normalized spacial score (nSPS) is 16.0. The molecule has 6 nitrogen and oxygen atoms in total. The molecule has 21 heavy (non-hydrogen) atoms. The summed E-state index contributed by atoms with van der Waals surface area (Å²) in [6.45, 7) is 2.68. The van der Waals surface area contributed by atoms with Crippen LogP contribution in [0.4, 0.5) is 5.69 Å². The predicted molar refractivity (Wildman–Crippen MR) is 80.6 cm³/mol. The van der Waals surface area contributed by atoms with Crippen molar-refractivity contribution in [1.29, 1.82) is 0 Å². The Labute approximate surface area is 124 Å². The van der Waals surface area contributed by atoms with Gasteiger partial charge in [-0.1, -0.05) is 6.07 Å². The number of aromatic nitrogens is 2. The Kier molecular flexibility index (Phi) is 3.69. The average molecular weight is 306 g/mol. The highest BCUT2D eigenvalue weighted by atomic mass is 32.2. The molecule has 0 bridgehead atoms. The maximum atomic E-state index is 12.5. The Morgan fingerprint density at radius 3 is 3.00 bits per heavy atom. The molecule has 112 valence electrons. The van der Waals surface area contributed by atoms with Crippen molar-refractivity contribution in [3.8, 4) is 0 Å². The van der Waals surface area contributed by atoms with Crippen LogP contribution in [0.25, 0.3) is 0 Å². The van der Waals surface area contributed by atoms with Crippen molar-refractivity contribution in [3.05, 3.63) is 41.7 Å². The second-order valence-corrected chi connectivity index (χ2v) is 6.94. The molecule has 0 amide bonds. The summed E-state index contributed by atoms with van der Waals surface area (Å²) in [6.07, 6.45) is 5.36. The largest absolute Gasteiger partial charge is 0.385 e. The van der Waals surface area contributed by atoms with Crippen molar-refractivity contribution < 1.29 is 8.42 Å². The molecule has 0 aliphatic carbocycles. The minimum Gasteiger partial charge on any atom is -0.385 e. The number of hydrogen-bond acceptors (Lipinski definition) is 4. The molecule has 3 N–H and O–H groups in total. The molecule has 0 fully saturated rings. The zero-order valence-electron chi connectivity index (χ0n) is 11.8. The minimum atomic E-state index is -3.55. The molecule has 0 spiro atoms. The zero-order valence-corrected chi connectivity index (χ0v) is 12.6. The second kappa shape index (κ2) is 5.50. The van der Waals surface area contributed by atoms with E-state index in [1.807, 2.05) is 6.07 Å². The molecular weight excluding hydrogens is 288 g/mol. The van der Waals surface area contributed by atoms with Gasteiger partial charge in [0, 0.05) is 30.0 Å². The lowest BCUT2D eigenvalue weighted by Gasteiger charge is -2.19. The fraction of sp³-hybridized carbons (Fsp3) is 0.357. The number of aryl methyl sites for hydroxylation is 1. The third-order valence-electron chi connectivity index (χ3n) is 3.68. The van der Waals surface area contributed by atoms with Crippen LogP contribution < -0.4 is 10.0 Å². The molecule has 0 saturated carbocycles. The van der Waals surface area contributed by atoms with Crippen LogP contribution in [-0.2, 0) is 16.4 Å². The van der Waals surface area contributed by atoms with Gasteiger partial charge in [0.2, 0.25) is 10.0 Å². The van der Waals surface area contributed by atoms with E-state index in [9.17, 15) is 8.42 Å². The fourth-order valence-electron chi connectivity index (χ4n) is 2.47. The van der Waals surface area contributed by atoms with Gasteiger partial charge in [-0.25, -0.2) is 13.1 Å². The number of nitrogens with zero attached hydrogens (tertiary/aromatic N) is 1. The maximum absolute atomic E-state index is 12.5. The van der Waals surface area contributed by atoms with Gasteiger partial charge in [-0.05, 0) is 37.5 Å². The Hall–Kier alpha value is -1.86. The van der Waals surface area contributed by atoms with Gasteiger partial charge in [-0.15, -0.1) is 0 Å². The van der Waals surface area contributed by atoms with Crippen molar-refractivity contribution in [1.82, 2.24) is 14.9 Å². The molecule has 1 aliphatic rings. The quantitative estimate of drug-likeness (QED) is 0.804. The third kappa shape index (κ3) is 2.93. The van der Waals surface area contributed by atoms with Gasteiger partial charge < -0.3 is 5.32 Å². The Morgan fingerprint density at radius 2 is 2.24 bits per heavy atom. The summed E-state index contributed by atoms with van der Waals surface area (Å²) in [5, 5.41) is 9.76. The number of hydrogen-bond donors (Lipinski definition) is 3. The summed E-state index contributed by atoms with van der Waals surface area (Å²) in [4.78, 5) is 0.283. The molecule has 1 atom stereocenters. The highest BCUT2D eigenvalue weighted by Gasteiger charge is 2.20. The monoisotopic (exact) mass is 306 g/mol. The SMILES string of the molecule is CC(NS(=O)(=O)c1ccc2c(c1)NCCC2)c1cn[nH]c1. The predicted octanol–water partition coefficient (Wildman–Crippen LogP) is 1.81. The van der Waals surface area contributed by atoms with Crippen LogP contribution in [0, 0.1) is 0 Å². The van der Waals surface area contributed by atoms with Crippen LogP contribution in [0.5, 0.6) is 0 Å². The van der Waals surface area contributed by atoms with Gasteiger partial charge in [0.15, 0.2) is 0 Å². The Balaban J connectivity index is 1.84. The first-order valence-electron chi connectivity index (χ1n) is 6.94. The summed E-state index contributed by atoms with van der Waals surface area (Å²) in [6, 6.07) is 4.92. The number of aromatic amines is 1. The molecule has 0 radical (unpaired) electrons. The van der Waals surface area contributed by atoms with Crippen LogP contribution in [0.2, 0.25) is 0 Å². The van der Waals surface area contributed by atoms with E-state index in [1.165, 1.54) is 5.56 Å². The summed E-state index contributed by atoms with van der Waals surface area (Å²) < 4.78 is 27.6. The van der Waals surface area contributed by atoms with E-state index in [-0.39, 0.29) is 10.9 Å². The number of nitrogens with one attached hydrogen (secondary N) is 3. The fourth-order valence-corrected chi connectivity index (χ4v) is 3.73. The molecule has 1 aromatic heterocycles. The topological polar surface area (TPSA) is 86.9 Å². The molecule has 3 rings (SSSR count). The van der Waals surface area contributed by atoms with E-state index in [0.717, 1.165) is 30.6 Å². The van der Waals surface area contributed by atoms with Crippen LogP contribution in [0.3, 0.4) is 0 Å². The molecule has 1 aliphatic heterocycles. The van der Waals surface area contributed by atoms with Crippen molar-refractivity contribution in [2.75, 3.05) is 11.9 Å². The van der Waals surface area contributed by atoms with E-state index in [4.69, 9.17) is 0 Å². The molecule has 1 aromatic carbocycles. The Bertz CT molecular complexity index is 725. The first-order chi connectivity index (χ1) is 10.1. The minimum absolute atomic E-state index is 0.283. The summed E-state index contributed by atoms with van der Waals surface area (Å²) in [5.41, 5.74) is 2.89. The van der Waals surface area contributed by atoms with Gasteiger partial charge in [0.1, 0.15) is 0 Å². The maximum Gasteiger partial charge on any atom is 0.241 e. The van der Waals surface area contributed by atoms with Crippen molar-refractivity contribution in [3.63, 3.8) is 0 Å². The van der Waals surface area contributed by atoms with Crippen molar-refractivity contribution in [2.45, 2.75) is 30.7 Å². The van der Waals surface area contributed by atoms with E-state index in [2.05, 4.69) is 20.2 Å². The van der Waals surface area contributed by atoms with E-state index >= 15 is 0 Å². The van der Waals surface area contributed by atoms with Crippen LogP contribution >= 0.6 is 0 Å². The first kappa shape index (κ1) is 14.1. The molecule has 2 aromatic rings. The van der Waals surface area contributed by atoms with Gasteiger partial charge in [0.25, 0.3) is 0 Å². The van der Waals surface area contributed by atoms with E-state index in [0.29, 0.717) is 0 Å². The summed E-state index contributed by atoms with van der Waals surface area (Å²) >= 11 is 0. The zero-order chi connectivity index (χ0) is 14.9.